The standard InChI is InChI=1S/2C8H9NO2.2C4H9.Sn/c2*1-9-7-4-2-6(3-5-7)8(10)11;2*1-3-4-2;/h2*2-5,9H,1H3,(H,10,11);2*1,3-4H2,2H3;. The first-order valence-corrected chi connectivity index (χ1v) is 14.7. The Labute approximate surface area is 196 Å². The van der Waals surface area contributed by atoms with Gasteiger partial charge in [-0.15, -0.1) is 0 Å². The summed E-state index contributed by atoms with van der Waals surface area (Å²) < 4.78 is 3.25. The van der Waals surface area contributed by atoms with Gasteiger partial charge in [0.25, 0.3) is 0 Å². The van der Waals surface area contributed by atoms with Gasteiger partial charge in [-0.2, -0.15) is 0 Å². The third-order valence-electron chi connectivity index (χ3n) is 4.26. The number of carboxylic acids is 2. The van der Waals surface area contributed by atoms with E-state index in [9.17, 15) is 9.59 Å². The average Bonchev–Trinajstić information content (AvgIpc) is 2.80. The minimum absolute atomic E-state index is 0.149. The molecule has 7 heteroatoms. The van der Waals surface area contributed by atoms with Gasteiger partial charge in [0.15, 0.2) is 0 Å². The normalized spacial score (nSPS) is 9.42. The third kappa shape index (κ3) is 14.4. The predicted molar refractivity (Wildman–Crippen MR) is 131 cm³/mol. The molecule has 0 heterocycles. The summed E-state index contributed by atoms with van der Waals surface area (Å²) in [6, 6.07) is 13.2. The van der Waals surface area contributed by atoms with Crippen molar-refractivity contribution in [2.24, 2.45) is 0 Å². The largest absolute Gasteiger partial charge is 0.478 e. The molecule has 0 spiro atoms. The van der Waals surface area contributed by atoms with Crippen LogP contribution in [0.25, 0.3) is 0 Å². The molecule has 2 radical (unpaired) electrons. The molecule has 0 aliphatic carbocycles. The van der Waals surface area contributed by atoms with Crippen LogP contribution in [0.1, 0.15) is 60.2 Å². The van der Waals surface area contributed by atoms with E-state index >= 15 is 0 Å². The second kappa shape index (κ2) is 18.5. The zero-order valence-electron chi connectivity index (χ0n) is 19.1. The first-order chi connectivity index (χ1) is 14.9. The van der Waals surface area contributed by atoms with E-state index in [1.165, 1.54) is 25.7 Å². The number of hydrogen-bond acceptors (Lipinski definition) is 4. The van der Waals surface area contributed by atoms with Gasteiger partial charge in [0.2, 0.25) is 0 Å². The van der Waals surface area contributed by atoms with E-state index in [4.69, 9.17) is 10.2 Å². The van der Waals surface area contributed by atoms with E-state index in [0.29, 0.717) is 11.1 Å². The Morgan fingerprint density at radius 2 is 1.03 bits per heavy atom. The van der Waals surface area contributed by atoms with Crippen molar-refractivity contribution in [2.75, 3.05) is 24.7 Å². The van der Waals surface area contributed by atoms with Gasteiger partial charge in [-0.1, -0.05) is 0 Å². The molecule has 2 rings (SSSR count). The zero-order valence-corrected chi connectivity index (χ0v) is 21.9. The fraction of sp³-hybridized carbons (Fsp3) is 0.417. The molecular weight excluding hydrogens is 499 g/mol. The van der Waals surface area contributed by atoms with Crippen molar-refractivity contribution in [1.29, 1.82) is 0 Å². The fourth-order valence-corrected chi connectivity index (χ4v) is 6.45. The van der Waals surface area contributed by atoms with E-state index in [1.807, 2.05) is 0 Å². The Morgan fingerprint density at radius 3 is 1.26 bits per heavy atom. The second-order valence-electron chi connectivity index (χ2n) is 6.72. The van der Waals surface area contributed by atoms with Crippen LogP contribution in [0.15, 0.2) is 48.5 Å². The quantitative estimate of drug-likeness (QED) is 0.221. The van der Waals surface area contributed by atoms with Crippen LogP contribution in [0.5, 0.6) is 0 Å². The molecule has 6 nitrogen and oxygen atoms in total. The maximum atomic E-state index is 10.4. The molecule has 0 aliphatic rings. The summed E-state index contributed by atoms with van der Waals surface area (Å²) in [6.45, 7) is 4.58. The van der Waals surface area contributed by atoms with Gasteiger partial charge in [0.1, 0.15) is 0 Å². The van der Waals surface area contributed by atoms with Gasteiger partial charge in [0.05, 0.1) is 11.1 Å². The minimum Gasteiger partial charge on any atom is -0.478 e. The molecule has 0 atom stereocenters. The minimum atomic E-state index is -0.896. The molecule has 0 saturated heterocycles. The van der Waals surface area contributed by atoms with Gasteiger partial charge < -0.3 is 20.8 Å². The third-order valence-corrected chi connectivity index (χ3v) is 8.29. The van der Waals surface area contributed by atoms with Gasteiger partial charge >= 0.3 is 81.5 Å². The number of rotatable bonds is 10. The van der Waals surface area contributed by atoms with Gasteiger partial charge in [-0.3, -0.25) is 0 Å². The van der Waals surface area contributed by atoms with E-state index in [0.717, 1.165) is 11.4 Å². The van der Waals surface area contributed by atoms with E-state index < -0.39 is 11.9 Å². The predicted octanol–water partition coefficient (Wildman–Crippen LogP) is 5.98. The topological polar surface area (TPSA) is 98.7 Å². The molecule has 0 saturated carbocycles. The first kappa shape index (κ1) is 28.8. The maximum absolute atomic E-state index is 10.4. The Balaban J connectivity index is 0.000000439. The molecule has 2 aromatic carbocycles. The Kier molecular flexibility index (Phi) is 17.2. The number of nitrogens with one attached hydrogen (secondary N) is 2. The van der Waals surface area contributed by atoms with Crippen LogP contribution in [-0.4, -0.2) is 57.4 Å². The van der Waals surface area contributed by atoms with Crippen LogP contribution in [0.4, 0.5) is 11.4 Å². The number of hydrogen-bond donors (Lipinski definition) is 4. The molecule has 0 fully saturated rings. The molecule has 0 unspecified atom stereocenters. The van der Waals surface area contributed by atoms with Crippen molar-refractivity contribution in [3.05, 3.63) is 59.7 Å². The molecule has 31 heavy (non-hydrogen) atoms. The van der Waals surface area contributed by atoms with Gasteiger partial charge in [-0.25, -0.2) is 9.59 Å². The smallest absolute Gasteiger partial charge is 0.335 e. The number of carboxylic acid groups (broad SMARTS) is 2. The molecule has 0 aliphatic heterocycles. The molecule has 0 amide bonds. The van der Waals surface area contributed by atoms with Crippen LogP contribution in [0, 0.1) is 0 Å². The first-order valence-electron chi connectivity index (χ1n) is 10.6. The monoisotopic (exact) mass is 536 g/mol. The summed E-state index contributed by atoms with van der Waals surface area (Å²) in [5.74, 6) is -1.79. The van der Waals surface area contributed by atoms with Crippen LogP contribution in [0.2, 0.25) is 8.87 Å². The average molecular weight is 535 g/mol. The fourth-order valence-electron chi connectivity index (χ4n) is 2.29. The second-order valence-corrected chi connectivity index (χ2v) is 11.0. The number of unbranched alkanes of at least 4 members (excludes halogenated alkanes) is 2. The zero-order chi connectivity index (χ0) is 23.5. The molecule has 2 aromatic rings. The summed E-state index contributed by atoms with van der Waals surface area (Å²) >= 11 is 0.149. The summed E-state index contributed by atoms with van der Waals surface area (Å²) in [5, 5.41) is 22.9. The number of aromatic carboxylic acids is 2. The maximum Gasteiger partial charge on any atom is 0.335 e. The summed E-state index contributed by atoms with van der Waals surface area (Å²) in [4.78, 5) is 20.8. The van der Waals surface area contributed by atoms with Crippen molar-refractivity contribution in [1.82, 2.24) is 0 Å². The van der Waals surface area contributed by atoms with E-state index in [-0.39, 0.29) is 21.1 Å². The molecule has 170 valence electrons. The molecule has 0 aromatic heterocycles. The Bertz CT molecular complexity index is 671. The molecular formula is C24H36N2O4Sn. The number of benzene rings is 2. The molecule has 4 N–H and O–H groups in total. The van der Waals surface area contributed by atoms with E-state index in [1.54, 1.807) is 71.5 Å². The molecule has 0 bridgehead atoms. The van der Waals surface area contributed by atoms with Crippen LogP contribution < -0.4 is 10.6 Å². The van der Waals surface area contributed by atoms with Crippen LogP contribution in [0.3, 0.4) is 0 Å². The Hall–Kier alpha value is -2.22. The van der Waals surface area contributed by atoms with Crippen molar-refractivity contribution in [3.63, 3.8) is 0 Å². The van der Waals surface area contributed by atoms with Crippen molar-refractivity contribution in [2.45, 2.75) is 48.4 Å². The van der Waals surface area contributed by atoms with Gasteiger partial charge in [-0.05, 0) is 48.5 Å². The number of carbonyl (C=O) groups is 2. The summed E-state index contributed by atoms with van der Waals surface area (Å²) in [7, 11) is 3.57. The van der Waals surface area contributed by atoms with Crippen molar-refractivity contribution < 1.29 is 19.8 Å². The van der Waals surface area contributed by atoms with Crippen LogP contribution in [-0.2, 0) is 0 Å². The van der Waals surface area contributed by atoms with Crippen molar-refractivity contribution >= 4 is 44.5 Å². The number of anilines is 2. The van der Waals surface area contributed by atoms with Gasteiger partial charge in [0, 0.05) is 25.5 Å². The Morgan fingerprint density at radius 1 is 0.710 bits per heavy atom. The summed E-state index contributed by atoms with van der Waals surface area (Å²) in [5.41, 5.74) is 2.44. The van der Waals surface area contributed by atoms with Crippen molar-refractivity contribution in [3.8, 4) is 0 Å². The van der Waals surface area contributed by atoms with Crippen LogP contribution >= 0.6 is 0 Å². The van der Waals surface area contributed by atoms with E-state index in [2.05, 4.69) is 24.5 Å². The summed E-state index contributed by atoms with van der Waals surface area (Å²) in [6.07, 6.45) is 5.84. The SMILES string of the molecule is CCC[CH2][Sn][CH2]CCC.CNc1ccc(C(=O)O)cc1.CNc1ccc(C(=O)O)cc1.